The summed E-state index contributed by atoms with van der Waals surface area (Å²) in [7, 11) is 0. The van der Waals surface area contributed by atoms with Gasteiger partial charge in [-0.15, -0.1) is 0 Å². The van der Waals surface area contributed by atoms with Gasteiger partial charge in [-0.05, 0) is 26.0 Å². The molecule has 2 amide bonds. The van der Waals surface area contributed by atoms with E-state index in [9.17, 15) is 4.79 Å². The highest BCUT2D eigenvalue weighted by molar-refractivity contribution is 5.73. The van der Waals surface area contributed by atoms with Gasteiger partial charge < -0.3 is 24.8 Å². The second-order valence-electron chi connectivity index (χ2n) is 6.97. The number of ether oxygens (including phenoxy) is 3. The highest BCUT2D eigenvalue weighted by atomic mass is 16.6. The number of morpholine rings is 1. The third-order valence-corrected chi connectivity index (χ3v) is 4.61. The van der Waals surface area contributed by atoms with E-state index >= 15 is 0 Å². The second-order valence-corrected chi connectivity index (χ2v) is 6.97. The van der Waals surface area contributed by atoms with Gasteiger partial charge in [-0.3, -0.25) is 4.90 Å². The largest absolute Gasteiger partial charge is 0.486 e. The van der Waals surface area contributed by atoms with Crippen LogP contribution >= 0.6 is 0 Å². The first-order chi connectivity index (χ1) is 12.0. The average Bonchev–Trinajstić information content (AvgIpc) is 2.65. The van der Waals surface area contributed by atoms with E-state index in [4.69, 9.17) is 14.2 Å². The summed E-state index contributed by atoms with van der Waals surface area (Å²) in [6.45, 7) is 8.94. The van der Waals surface area contributed by atoms with Crippen molar-refractivity contribution >= 4 is 6.03 Å². The number of hydrogen-bond acceptors (Lipinski definition) is 5. The summed E-state index contributed by atoms with van der Waals surface area (Å²) in [5, 5.41) is 5.81. The minimum absolute atomic E-state index is 0.107. The number of carbonyl (C=O) groups is 1. The first kappa shape index (κ1) is 17.8. The molecular weight excluding hydrogens is 322 g/mol. The molecule has 1 fully saturated rings. The molecule has 1 atom stereocenters. The lowest BCUT2D eigenvalue weighted by Crippen LogP contribution is -2.56. The van der Waals surface area contributed by atoms with Gasteiger partial charge in [0.15, 0.2) is 17.6 Å². The highest BCUT2D eigenvalue weighted by Gasteiger charge is 2.28. The Hall–Kier alpha value is -1.99. The molecule has 1 aromatic rings. The molecule has 7 nitrogen and oxygen atoms in total. The van der Waals surface area contributed by atoms with Crippen LogP contribution in [0.2, 0.25) is 0 Å². The van der Waals surface area contributed by atoms with E-state index in [1.54, 1.807) is 0 Å². The van der Waals surface area contributed by atoms with Crippen molar-refractivity contribution in [2.75, 3.05) is 46.0 Å². The van der Waals surface area contributed by atoms with Crippen molar-refractivity contribution in [3.8, 4) is 11.5 Å². The quantitative estimate of drug-likeness (QED) is 0.837. The Morgan fingerprint density at radius 3 is 2.68 bits per heavy atom. The molecule has 3 rings (SSSR count). The van der Waals surface area contributed by atoms with Crippen LogP contribution in [0.4, 0.5) is 4.79 Å². The first-order valence-electron chi connectivity index (χ1n) is 8.77. The molecule has 0 aliphatic carbocycles. The van der Waals surface area contributed by atoms with E-state index in [2.05, 4.69) is 29.4 Å². The fraction of sp³-hybridized carbons (Fsp3) is 0.611. The number of fused-ring (bicyclic) bond motifs is 1. The van der Waals surface area contributed by atoms with Crippen LogP contribution in [0, 0.1) is 0 Å². The zero-order valence-corrected chi connectivity index (χ0v) is 14.9. The number of para-hydroxylation sites is 2. The van der Waals surface area contributed by atoms with E-state index in [1.165, 1.54) is 0 Å². The van der Waals surface area contributed by atoms with Gasteiger partial charge in [0.05, 0.1) is 19.8 Å². The van der Waals surface area contributed by atoms with Crippen LogP contribution in [0.15, 0.2) is 24.3 Å². The molecule has 25 heavy (non-hydrogen) atoms. The number of amides is 2. The summed E-state index contributed by atoms with van der Waals surface area (Å²) in [6.07, 6.45) is -0.187. The third-order valence-electron chi connectivity index (χ3n) is 4.61. The molecule has 0 spiro atoms. The lowest BCUT2D eigenvalue weighted by molar-refractivity contribution is -0.00877. The van der Waals surface area contributed by atoms with Crippen molar-refractivity contribution in [2.24, 2.45) is 0 Å². The smallest absolute Gasteiger partial charge is 0.314 e. The van der Waals surface area contributed by atoms with Crippen LogP contribution in [-0.4, -0.2) is 68.6 Å². The standard InChI is InChI=1S/C18H27N3O4/c1-18(2,21-7-9-23-10-8-21)13-20-17(22)19-11-14-12-24-15-5-3-4-6-16(15)25-14/h3-6,14H,7-13H2,1-2H3,(H2,19,20,22)/t14-/m0/s1. The number of carbonyl (C=O) groups excluding carboxylic acids is 1. The average molecular weight is 349 g/mol. The molecule has 2 aliphatic heterocycles. The summed E-state index contributed by atoms with van der Waals surface area (Å²) >= 11 is 0. The Balaban J connectivity index is 1.40. The molecule has 7 heteroatoms. The van der Waals surface area contributed by atoms with Gasteiger partial charge in [0.2, 0.25) is 0 Å². The molecule has 0 bridgehead atoms. The van der Waals surface area contributed by atoms with E-state index in [0.717, 1.165) is 37.8 Å². The minimum Gasteiger partial charge on any atom is -0.486 e. The zero-order chi connectivity index (χ0) is 17.7. The molecule has 2 heterocycles. The van der Waals surface area contributed by atoms with E-state index in [1.807, 2.05) is 24.3 Å². The summed E-state index contributed by atoms with van der Waals surface area (Å²) in [6, 6.07) is 7.36. The van der Waals surface area contributed by atoms with Crippen molar-refractivity contribution in [3.05, 3.63) is 24.3 Å². The molecule has 2 N–H and O–H groups in total. The Labute approximate surface area is 148 Å². The third kappa shape index (κ3) is 4.76. The number of rotatable bonds is 5. The maximum atomic E-state index is 12.1. The van der Waals surface area contributed by atoms with E-state index in [0.29, 0.717) is 19.7 Å². The molecule has 2 aliphatic rings. The first-order valence-corrected chi connectivity index (χ1v) is 8.77. The zero-order valence-electron chi connectivity index (χ0n) is 14.9. The summed E-state index contributed by atoms with van der Waals surface area (Å²) in [5.74, 6) is 1.46. The molecule has 0 radical (unpaired) electrons. The van der Waals surface area contributed by atoms with Crippen molar-refractivity contribution in [1.29, 1.82) is 0 Å². The number of hydrogen-bond donors (Lipinski definition) is 2. The van der Waals surface area contributed by atoms with Gasteiger partial charge in [-0.25, -0.2) is 4.79 Å². The van der Waals surface area contributed by atoms with Crippen molar-refractivity contribution in [2.45, 2.75) is 25.5 Å². The number of benzene rings is 1. The minimum atomic E-state index is -0.191. The van der Waals surface area contributed by atoms with E-state index in [-0.39, 0.29) is 17.7 Å². The lowest BCUT2D eigenvalue weighted by atomic mass is 10.0. The number of nitrogens with one attached hydrogen (secondary N) is 2. The Kier molecular flexibility index (Phi) is 5.65. The van der Waals surface area contributed by atoms with Crippen molar-refractivity contribution in [3.63, 3.8) is 0 Å². The van der Waals surface area contributed by atoms with Crippen LogP contribution in [0.1, 0.15) is 13.8 Å². The maximum Gasteiger partial charge on any atom is 0.314 e. The number of nitrogens with zero attached hydrogens (tertiary/aromatic N) is 1. The predicted octanol–water partition coefficient (Wildman–Crippen LogP) is 1.24. The molecule has 0 aromatic heterocycles. The monoisotopic (exact) mass is 349 g/mol. The molecule has 1 aromatic carbocycles. The Morgan fingerprint density at radius 2 is 1.92 bits per heavy atom. The van der Waals surface area contributed by atoms with Crippen molar-refractivity contribution in [1.82, 2.24) is 15.5 Å². The molecular formula is C18H27N3O4. The van der Waals surface area contributed by atoms with Gasteiger partial charge in [0.25, 0.3) is 0 Å². The van der Waals surface area contributed by atoms with Gasteiger partial charge >= 0.3 is 6.03 Å². The van der Waals surface area contributed by atoms with Gasteiger partial charge in [0, 0.05) is 25.2 Å². The maximum absolute atomic E-state index is 12.1. The Bertz CT molecular complexity index is 587. The fourth-order valence-corrected chi connectivity index (χ4v) is 3.01. The van der Waals surface area contributed by atoms with Crippen LogP contribution in [0.5, 0.6) is 11.5 Å². The van der Waals surface area contributed by atoms with Gasteiger partial charge in [-0.2, -0.15) is 0 Å². The highest BCUT2D eigenvalue weighted by Crippen LogP contribution is 2.30. The molecule has 0 unspecified atom stereocenters. The fourth-order valence-electron chi connectivity index (χ4n) is 3.01. The van der Waals surface area contributed by atoms with Crippen LogP contribution in [0.3, 0.4) is 0 Å². The molecule has 0 saturated carbocycles. The topological polar surface area (TPSA) is 72.1 Å². The predicted molar refractivity (Wildman–Crippen MR) is 94.2 cm³/mol. The summed E-state index contributed by atoms with van der Waals surface area (Å²) < 4.78 is 16.9. The van der Waals surface area contributed by atoms with E-state index < -0.39 is 0 Å². The molecule has 1 saturated heterocycles. The second kappa shape index (κ2) is 7.93. The van der Waals surface area contributed by atoms with Crippen molar-refractivity contribution < 1.29 is 19.0 Å². The van der Waals surface area contributed by atoms with Crippen LogP contribution in [0.25, 0.3) is 0 Å². The summed E-state index contributed by atoms with van der Waals surface area (Å²) in [5.41, 5.74) is -0.107. The van der Waals surface area contributed by atoms with Gasteiger partial charge in [0.1, 0.15) is 6.61 Å². The lowest BCUT2D eigenvalue weighted by Gasteiger charge is -2.40. The summed E-state index contributed by atoms with van der Waals surface area (Å²) in [4.78, 5) is 14.4. The Morgan fingerprint density at radius 1 is 1.20 bits per heavy atom. The van der Waals surface area contributed by atoms with Crippen LogP contribution < -0.4 is 20.1 Å². The van der Waals surface area contributed by atoms with Crippen LogP contribution in [-0.2, 0) is 4.74 Å². The molecule has 138 valence electrons. The van der Waals surface area contributed by atoms with Gasteiger partial charge in [-0.1, -0.05) is 12.1 Å². The SMILES string of the molecule is CC(C)(CNC(=O)NC[C@H]1COc2ccccc2O1)N1CCOCC1. The number of urea groups is 1. The normalized spacial score (nSPS) is 20.8.